The van der Waals surface area contributed by atoms with E-state index >= 15 is 0 Å². The van der Waals surface area contributed by atoms with Gasteiger partial charge in [0.2, 0.25) is 0 Å². The van der Waals surface area contributed by atoms with Crippen LogP contribution in [0.4, 0.5) is 0 Å². The lowest BCUT2D eigenvalue weighted by Gasteiger charge is -2.08. The van der Waals surface area contributed by atoms with Crippen LogP contribution in [0.25, 0.3) is 0 Å². The van der Waals surface area contributed by atoms with Crippen LogP contribution in [0.3, 0.4) is 0 Å². The second kappa shape index (κ2) is 22.6. The van der Waals surface area contributed by atoms with Crippen LogP contribution in [0.15, 0.2) is 0 Å². The topological polar surface area (TPSA) is 125 Å². The lowest BCUT2D eigenvalue weighted by molar-refractivity contribution is -0.101. The van der Waals surface area contributed by atoms with Gasteiger partial charge in [0.25, 0.3) is 0 Å². The number of hydrogen-bond acceptors (Lipinski definition) is 10. The van der Waals surface area contributed by atoms with E-state index < -0.39 is 6.29 Å². The lowest BCUT2D eigenvalue weighted by Crippen LogP contribution is -2.17. The minimum Gasteiger partial charge on any atom is -0.394 e. The molecule has 0 aliphatic rings. The number of aliphatic hydroxyl groups excluding tert-OH is 2. The molecule has 0 aliphatic heterocycles. The zero-order valence-electron chi connectivity index (χ0n) is 15.4. The molecule has 0 saturated carbocycles. The largest absolute Gasteiger partial charge is 0.394 e. The Morgan fingerprint density at radius 3 is 0.962 bits per heavy atom. The van der Waals surface area contributed by atoms with Gasteiger partial charge >= 0.3 is 0 Å². The molecule has 0 bridgehead atoms. The second-order valence-corrected chi connectivity index (χ2v) is 4.95. The van der Waals surface area contributed by atoms with Crippen LogP contribution in [0, 0.1) is 0 Å². The first-order valence-corrected chi connectivity index (χ1v) is 8.78. The third-order valence-corrected chi connectivity index (χ3v) is 2.73. The van der Waals surface area contributed by atoms with Crippen molar-refractivity contribution in [3.8, 4) is 0 Å². The molecule has 0 rings (SSSR count). The van der Waals surface area contributed by atoms with E-state index in [4.69, 9.17) is 48.5 Å². The summed E-state index contributed by atoms with van der Waals surface area (Å²) in [6, 6.07) is 0. The summed E-state index contributed by atoms with van der Waals surface area (Å²) in [6.07, 6.45) is -1.44. The van der Waals surface area contributed by atoms with Crippen molar-refractivity contribution in [3.63, 3.8) is 0 Å². The van der Waals surface area contributed by atoms with Crippen molar-refractivity contribution in [1.29, 1.82) is 0 Å². The van der Waals surface area contributed by atoms with Crippen molar-refractivity contribution in [2.45, 2.75) is 6.29 Å². The maximum atomic E-state index is 8.55. The van der Waals surface area contributed by atoms with Gasteiger partial charge in [0.05, 0.1) is 99.1 Å². The molecule has 158 valence electrons. The quantitative estimate of drug-likeness (QED) is 0.148. The van der Waals surface area contributed by atoms with E-state index in [1.807, 2.05) is 0 Å². The highest BCUT2D eigenvalue weighted by atomic mass is 16.6. The van der Waals surface area contributed by atoms with Gasteiger partial charge in [-0.25, -0.2) is 0 Å². The summed E-state index contributed by atoms with van der Waals surface area (Å²) in [5.41, 5.74) is 0. The monoisotopic (exact) mass is 386 g/mol. The van der Waals surface area contributed by atoms with E-state index in [2.05, 4.69) is 0 Å². The summed E-state index contributed by atoms with van der Waals surface area (Å²) < 4.78 is 36.4. The summed E-state index contributed by atoms with van der Waals surface area (Å²) in [5.74, 6) is 0. The summed E-state index contributed by atoms with van der Waals surface area (Å²) in [4.78, 5) is 0. The van der Waals surface area contributed by atoms with Gasteiger partial charge in [-0.1, -0.05) is 0 Å². The Morgan fingerprint density at radius 2 is 0.692 bits per heavy atom. The Hall–Kier alpha value is -0.400. The summed E-state index contributed by atoms with van der Waals surface area (Å²) in [6.45, 7) is 5.74. The second-order valence-electron chi connectivity index (χ2n) is 4.95. The van der Waals surface area contributed by atoms with Crippen molar-refractivity contribution in [2.75, 3.05) is 99.1 Å². The van der Waals surface area contributed by atoms with Gasteiger partial charge in [-0.05, 0) is 0 Å². The molecule has 10 nitrogen and oxygen atoms in total. The molecule has 0 aromatic carbocycles. The summed E-state index contributed by atoms with van der Waals surface area (Å²) >= 11 is 0. The Kier molecular flexibility index (Phi) is 22.3. The van der Waals surface area contributed by atoms with Crippen molar-refractivity contribution < 1.29 is 48.5 Å². The van der Waals surface area contributed by atoms with Crippen LogP contribution >= 0.6 is 0 Å². The molecule has 10 heteroatoms. The number of rotatable bonds is 22. The van der Waals surface area contributed by atoms with E-state index in [0.29, 0.717) is 85.9 Å². The zero-order valence-corrected chi connectivity index (χ0v) is 15.4. The molecule has 0 unspecified atom stereocenters. The molecule has 0 radical (unpaired) electrons. The maximum Gasteiger partial charge on any atom is 0.175 e. The molecule has 0 fully saturated rings. The Bertz CT molecular complexity index is 255. The number of hydrogen-bond donors (Lipinski definition) is 3. The molecular formula is C16H34O10. The standard InChI is InChI=1S/C16H34O10/c17-1-2-20-3-4-21-5-6-22-7-8-23-9-10-24-11-12-25-13-14-26-15-16(18)19/h16-19H,1-15H2. The molecule has 0 aromatic heterocycles. The first kappa shape index (κ1) is 25.6. The first-order chi connectivity index (χ1) is 12.8. The van der Waals surface area contributed by atoms with Gasteiger partial charge in [-0.3, -0.25) is 0 Å². The van der Waals surface area contributed by atoms with Gasteiger partial charge in [0.1, 0.15) is 0 Å². The molecule has 0 spiro atoms. The van der Waals surface area contributed by atoms with E-state index in [0.717, 1.165) is 0 Å². The molecular weight excluding hydrogens is 352 g/mol. The molecule has 0 heterocycles. The van der Waals surface area contributed by atoms with Crippen LogP contribution in [0.1, 0.15) is 0 Å². The fourth-order valence-corrected chi connectivity index (χ4v) is 1.57. The van der Waals surface area contributed by atoms with E-state index in [-0.39, 0.29) is 13.2 Å². The van der Waals surface area contributed by atoms with Crippen LogP contribution in [0.2, 0.25) is 0 Å². The van der Waals surface area contributed by atoms with Crippen molar-refractivity contribution in [1.82, 2.24) is 0 Å². The zero-order chi connectivity index (χ0) is 19.1. The normalized spacial score (nSPS) is 11.5. The minimum atomic E-state index is -1.44. The lowest BCUT2D eigenvalue weighted by atomic mass is 10.6. The fraction of sp³-hybridized carbons (Fsp3) is 1.00. The molecule has 0 atom stereocenters. The predicted octanol–water partition coefficient (Wildman–Crippen LogP) is -1.59. The average Bonchev–Trinajstić information content (AvgIpc) is 2.62. The van der Waals surface area contributed by atoms with E-state index in [9.17, 15) is 0 Å². The van der Waals surface area contributed by atoms with Gasteiger partial charge < -0.3 is 48.5 Å². The molecule has 26 heavy (non-hydrogen) atoms. The van der Waals surface area contributed by atoms with Crippen LogP contribution in [-0.2, 0) is 33.2 Å². The highest BCUT2D eigenvalue weighted by Crippen LogP contribution is 1.85. The SMILES string of the molecule is OCCOCCOCCOCCOCCOCCOCCOCC(O)O. The predicted molar refractivity (Wildman–Crippen MR) is 91.0 cm³/mol. The average molecular weight is 386 g/mol. The highest BCUT2D eigenvalue weighted by molar-refractivity contribution is 4.37. The molecule has 0 saturated heterocycles. The van der Waals surface area contributed by atoms with E-state index in [1.54, 1.807) is 0 Å². The van der Waals surface area contributed by atoms with Crippen LogP contribution in [-0.4, -0.2) is 121 Å². The van der Waals surface area contributed by atoms with Crippen molar-refractivity contribution in [3.05, 3.63) is 0 Å². The van der Waals surface area contributed by atoms with Crippen LogP contribution in [0.5, 0.6) is 0 Å². The number of ether oxygens (including phenoxy) is 7. The maximum absolute atomic E-state index is 8.55. The molecule has 0 aliphatic carbocycles. The third kappa shape index (κ3) is 23.6. The van der Waals surface area contributed by atoms with Gasteiger partial charge in [0.15, 0.2) is 6.29 Å². The Balaban J connectivity index is 2.97. The van der Waals surface area contributed by atoms with Crippen molar-refractivity contribution in [2.24, 2.45) is 0 Å². The minimum absolute atomic E-state index is 0.0237. The molecule has 0 aromatic rings. The Morgan fingerprint density at radius 1 is 0.423 bits per heavy atom. The molecule has 3 N–H and O–H groups in total. The third-order valence-electron chi connectivity index (χ3n) is 2.73. The fourth-order valence-electron chi connectivity index (χ4n) is 1.57. The van der Waals surface area contributed by atoms with Gasteiger partial charge in [0, 0.05) is 0 Å². The van der Waals surface area contributed by atoms with Gasteiger partial charge in [-0.15, -0.1) is 0 Å². The van der Waals surface area contributed by atoms with Crippen molar-refractivity contribution >= 4 is 0 Å². The highest BCUT2D eigenvalue weighted by Gasteiger charge is 1.97. The van der Waals surface area contributed by atoms with Crippen LogP contribution < -0.4 is 0 Å². The first-order valence-electron chi connectivity index (χ1n) is 8.78. The summed E-state index contributed by atoms with van der Waals surface area (Å²) in [5, 5.41) is 25.6. The summed E-state index contributed by atoms with van der Waals surface area (Å²) in [7, 11) is 0. The Labute approximate surface area is 154 Å². The smallest absolute Gasteiger partial charge is 0.175 e. The van der Waals surface area contributed by atoms with E-state index in [1.165, 1.54) is 0 Å². The van der Waals surface area contributed by atoms with Gasteiger partial charge in [-0.2, -0.15) is 0 Å². The number of aliphatic hydroxyl groups is 3. The molecule has 0 amide bonds.